The summed E-state index contributed by atoms with van der Waals surface area (Å²) in [6.07, 6.45) is 0. The lowest BCUT2D eigenvalue weighted by atomic mass is 9.97. The van der Waals surface area contributed by atoms with Crippen LogP contribution in [0.15, 0.2) is 55.1 Å². The highest BCUT2D eigenvalue weighted by Crippen LogP contribution is 2.31. The van der Waals surface area contributed by atoms with Crippen LogP contribution < -0.4 is 10.4 Å². The van der Waals surface area contributed by atoms with E-state index in [0.717, 1.165) is 28.9 Å². The van der Waals surface area contributed by atoms with Crippen LogP contribution in [0.5, 0.6) is 0 Å². The molecule has 0 saturated heterocycles. The van der Waals surface area contributed by atoms with Crippen molar-refractivity contribution in [2.45, 2.75) is 6.92 Å². The maximum atomic E-state index is 5.13. The molecular formula is C18H23N2O+. The Morgan fingerprint density at radius 2 is 1.90 bits per heavy atom. The van der Waals surface area contributed by atoms with E-state index in [1.165, 1.54) is 5.69 Å². The summed E-state index contributed by atoms with van der Waals surface area (Å²) in [5, 5.41) is 0. The van der Waals surface area contributed by atoms with Crippen LogP contribution in [0, 0.1) is 0 Å². The van der Waals surface area contributed by atoms with Crippen LogP contribution in [0.3, 0.4) is 0 Å². The van der Waals surface area contributed by atoms with Gasteiger partial charge in [-0.25, -0.2) is 4.84 Å². The van der Waals surface area contributed by atoms with Crippen molar-refractivity contribution in [2.24, 2.45) is 0 Å². The maximum absolute atomic E-state index is 5.13. The average molecular weight is 283 g/mol. The topological polar surface area (TPSA) is 29.1 Å². The minimum atomic E-state index is 0.947. The van der Waals surface area contributed by atoms with Crippen LogP contribution in [-0.2, 0) is 4.84 Å². The van der Waals surface area contributed by atoms with Crippen LogP contribution in [-0.4, -0.2) is 20.7 Å². The summed E-state index contributed by atoms with van der Waals surface area (Å²) in [5.41, 5.74) is 7.26. The van der Waals surface area contributed by atoms with Gasteiger partial charge in [-0.2, -0.15) is 5.48 Å². The van der Waals surface area contributed by atoms with E-state index in [2.05, 4.69) is 55.8 Å². The number of nitrogens with two attached hydrogens (primary N) is 1. The highest BCUT2D eigenvalue weighted by molar-refractivity contribution is 5.86. The predicted molar refractivity (Wildman–Crippen MR) is 88.6 cm³/mol. The van der Waals surface area contributed by atoms with Gasteiger partial charge < -0.3 is 4.90 Å². The molecule has 2 rings (SSSR count). The van der Waals surface area contributed by atoms with Crippen molar-refractivity contribution in [1.29, 1.82) is 0 Å². The van der Waals surface area contributed by atoms with Gasteiger partial charge in [0, 0.05) is 37.0 Å². The van der Waals surface area contributed by atoms with Crippen molar-refractivity contribution in [3.05, 3.63) is 66.2 Å². The predicted octanol–water partition coefficient (Wildman–Crippen LogP) is 2.96. The standard InChI is InChI=1S/C18H22N2O/c1-5-20(3)18-12-11-16(19-21-4)13-17(18)14(2)15-9-7-6-8-10-15/h6-13,19H,2,5H2,1,3-4H3/p+1. The number of hydrogen-bond donors (Lipinski definition) is 1. The molecule has 0 unspecified atom stereocenters. The van der Waals surface area contributed by atoms with E-state index in [-0.39, 0.29) is 0 Å². The molecule has 0 aliphatic rings. The highest BCUT2D eigenvalue weighted by Gasteiger charge is 2.13. The molecule has 0 aliphatic carbocycles. The van der Waals surface area contributed by atoms with Crippen LogP contribution >= 0.6 is 0 Å². The van der Waals surface area contributed by atoms with Gasteiger partial charge in [-0.1, -0.05) is 36.9 Å². The molecule has 0 bridgehead atoms. The lowest BCUT2D eigenvalue weighted by Gasteiger charge is -2.22. The van der Waals surface area contributed by atoms with Gasteiger partial charge in [-0.05, 0) is 24.1 Å². The van der Waals surface area contributed by atoms with Crippen molar-refractivity contribution in [2.75, 3.05) is 25.6 Å². The molecule has 2 N–H and O–H groups in total. The Hall–Kier alpha value is -2.10. The van der Waals surface area contributed by atoms with Gasteiger partial charge in [-0.15, -0.1) is 0 Å². The van der Waals surface area contributed by atoms with Gasteiger partial charge in [0.1, 0.15) is 0 Å². The van der Waals surface area contributed by atoms with Gasteiger partial charge in [0.05, 0.1) is 7.11 Å². The molecule has 0 spiro atoms. The van der Waals surface area contributed by atoms with Crippen molar-refractivity contribution >= 4 is 16.9 Å². The van der Waals surface area contributed by atoms with Gasteiger partial charge in [0.2, 0.25) is 0 Å². The van der Waals surface area contributed by atoms with Crippen LogP contribution in [0.1, 0.15) is 18.1 Å². The van der Waals surface area contributed by atoms with Crippen molar-refractivity contribution < 1.29 is 10.3 Å². The highest BCUT2D eigenvalue weighted by atomic mass is 16.6. The first kappa shape index (κ1) is 15.3. The Kier molecular flexibility index (Phi) is 5.14. The first-order chi connectivity index (χ1) is 10.2. The molecule has 0 saturated carbocycles. The van der Waals surface area contributed by atoms with Crippen molar-refractivity contribution in [3.63, 3.8) is 0 Å². The smallest absolute Gasteiger partial charge is 0.162 e. The van der Waals surface area contributed by atoms with Crippen molar-refractivity contribution in [1.82, 2.24) is 0 Å². The van der Waals surface area contributed by atoms with Gasteiger partial charge >= 0.3 is 0 Å². The van der Waals surface area contributed by atoms with E-state index in [0.29, 0.717) is 0 Å². The SMILES string of the molecule is C=C(c1ccccc1)c1cc([NH2+]OC)ccc1N(C)CC. The zero-order chi connectivity index (χ0) is 15.2. The molecule has 2 aromatic rings. The fourth-order valence-corrected chi connectivity index (χ4v) is 2.30. The van der Waals surface area contributed by atoms with E-state index in [9.17, 15) is 0 Å². The Morgan fingerprint density at radius 3 is 2.52 bits per heavy atom. The van der Waals surface area contributed by atoms with Crippen LogP contribution in [0.25, 0.3) is 5.57 Å². The Morgan fingerprint density at radius 1 is 1.19 bits per heavy atom. The summed E-state index contributed by atoms with van der Waals surface area (Å²) in [7, 11) is 3.76. The third-order valence-corrected chi connectivity index (χ3v) is 3.61. The first-order valence-corrected chi connectivity index (χ1v) is 7.13. The minimum absolute atomic E-state index is 0.947. The molecular weight excluding hydrogens is 260 g/mol. The van der Waals surface area contributed by atoms with Gasteiger partial charge in [0.25, 0.3) is 0 Å². The van der Waals surface area contributed by atoms with E-state index in [1.54, 1.807) is 12.6 Å². The molecule has 21 heavy (non-hydrogen) atoms. The summed E-state index contributed by atoms with van der Waals surface area (Å²) in [5.74, 6) is 0. The number of anilines is 1. The van der Waals surface area contributed by atoms with Gasteiger partial charge in [0.15, 0.2) is 5.69 Å². The molecule has 0 aliphatic heterocycles. The third-order valence-electron chi connectivity index (χ3n) is 3.61. The zero-order valence-corrected chi connectivity index (χ0v) is 13.0. The minimum Gasteiger partial charge on any atom is -0.374 e. The Balaban J connectivity index is 2.47. The maximum Gasteiger partial charge on any atom is 0.162 e. The molecule has 0 amide bonds. The normalized spacial score (nSPS) is 10.4. The number of quaternary nitrogens is 1. The monoisotopic (exact) mass is 283 g/mol. The lowest BCUT2D eigenvalue weighted by molar-refractivity contribution is -0.830. The number of hydrogen-bond acceptors (Lipinski definition) is 2. The van der Waals surface area contributed by atoms with Crippen molar-refractivity contribution in [3.8, 4) is 0 Å². The zero-order valence-electron chi connectivity index (χ0n) is 13.0. The summed E-state index contributed by atoms with van der Waals surface area (Å²) >= 11 is 0. The number of rotatable bonds is 6. The molecule has 0 radical (unpaired) electrons. The molecule has 3 nitrogen and oxygen atoms in total. The first-order valence-electron chi connectivity index (χ1n) is 7.13. The molecule has 0 fully saturated rings. The second-order valence-electron chi connectivity index (χ2n) is 4.99. The summed E-state index contributed by atoms with van der Waals surface area (Å²) in [6.45, 7) is 7.38. The molecule has 0 atom stereocenters. The van der Waals surface area contributed by atoms with Crippen LogP contribution in [0.4, 0.5) is 11.4 Å². The quantitative estimate of drug-likeness (QED) is 0.652. The summed E-state index contributed by atoms with van der Waals surface area (Å²) in [4.78, 5) is 7.35. The Bertz CT molecular complexity index is 608. The molecule has 0 heterocycles. The largest absolute Gasteiger partial charge is 0.374 e. The van der Waals surface area contributed by atoms with Crippen LogP contribution in [0.2, 0.25) is 0 Å². The fraction of sp³-hybridized carbons (Fsp3) is 0.222. The fourth-order valence-electron chi connectivity index (χ4n) is 2.30. The second kappa shape index (κ2) is 7.07. The molecule has 0 aromatic heterocycles. The number of nitrogens with zero attached hydrogens (tertiary/aromatic N) is 1. The average Bonchev–Trinajstić information content (AvgIpc) is 2.54. The van der Waals surface area contributed by atoms with E-state index in [1.807, 2.05) is 18.2 Å². The molecule has 110 valence electrons. The van der Waals surface area contributed by atoms with E-state index < -0.39 is 0 Å². The lowest BCUT2D eigenvalue weighted by Crippen LogP contribution is -2.75. The van der Waals surface area contributed by atoms with Gasteiger partial charge in [-0.3, -0.25) is 0 Å². The van der Waals surface area contributed by atoms with E-state index in [4.69, 9.17) is 4.84 Å². The second-order valence-corrected chi connectivity index (χ2v) is 4.99. The summed E-state index contributed by atoms with van der Waals surface area (Å²) in [6, 6.07) is 16.6. The third kappa shape index (κ3) is 3.51. The Labute approximate surface area is 126 Å². The van der Waals surface area contributed by atoms with E-state index >= 15 is 0 Å². The molecule has 2 aromatic carbocycles. The summed E-state index contributed by atoms with van der Waals surface area (Å²) < 4.78 is 0. The number of benzene rings is 2. The molecule has 3 heteroatoms.